The van der Waals surface area contributed by atoms with E-state index in [-0.39, 0.29) is 12.8 Å². The van der Waals surface area contributed by atoms with Gasteiger partial charge in [0.15, 0.2) is 0 Å². The topological polar surface area (TPSA) is 26.3 Å². The zero-order chi connectivity index (χ0) is 15.6. The Morgan fingerprint density at radius 2 is 1.95 bits per heavy atom. The molecule has 2 rings (SSSR count). The van der Waals surface area contributed by atoms with Crippen molar-refractivity contribution in [1.29, 1.82) is 0 Å². The summed E-state index contributed by atoms with van der Waals surface area (Å²) >= 11 is 0. The van der Waals surface area contributed by atoms with Gasteiger partial charge in [0.05, 0.1) is 11.8 Å². The highest BCUT2D eigenvalue weighted by atomic mass is 19.4. The highest BCUT2D eigenvalue weighted by Gasteiger charge is 2.44. The average molecular weight is 300 g/mol. The maximum Gasteiger partial charge on any atom is 0.391 e. The van der Waals surface area contributed by atoms with E-state index in [1.165, 1.54) is 0 Å². The number of carbonyl (C=O) groups is 1. The first-order valence-corrected chi connectivity index (χ1v) is 7.13. The van der Waals surface area contributed by atoms with Crippen molar-refractivity contribution in [2.75, 3.05) is 0 Å². The standard InChI is InChI=1S/C16H19F3O2/c1-10-5-3-8-14(11(10)2)21-15(20)12-6-4-7-13(9-12)16(17,18)19/h3,5,8,12-13H,4,6-7,9H2,1-2H3. The van der Waals surface area contributed by atoms with Crippen LogP contribution in [0.4, 0.5) is 13.2 Å². The Balaban J connectivity index is 2.05. The largest absolute Gasteiger partial charge is 0.426 e. The SMILES string of the molecule is Cc1cccc(OC(=O)C2CCCC(C(F)(F)F)C2)c1C. The van der Waals surface area contributed by atoms with Crippen LogP contribution in [0, 0.1) is 25.7 Å². The van der Waals surface area contributed by atoms with Crippen molar-refractivity contribution in [2.45, 2.75) is 45.7 Å². The number of carbonyl (C=O) groups excluding carboxylic acids is 1. The van der Waals surface area contributed by atoms with Crippen LogP contribution >= 0.6 is 0 Å². The molecular weight excluding hydrogens is 281 g/mol. The molecule has 2 nitrogen and oxygen atoms in total. The Morgan fingerprint density at radius 1 is 1.24 bits per heavy atom. The maximum absolute atomic E-state index is 12.8. The molecular formula is C16H19F3O2. The van der Waals surface area contributed by atoms with Gasteiger partial charge in [-0.2, -0.15) is 13.2 Å². The van der Waals surface area contributed by atoms with Crippen molar-refractivity contribution in [3.8, 4) is 5.75 Å². The Hall–Kier alpha value is -1.52. The zero-order valence-electron chi connectivity index (χ0n) is 12.2. The molecule has 0 spiro atoms. The van der Waals surface area contributed by atoms with E-state index in [2.05, 4.69) is 0 Å². The van der Waals surface area contributed by atoms with Gasteiger partial charge in [-0.3, -0.25) is 4.79 Å². The van der Waals surface area contributed by atoms with Gasteiger partial charge < -0.3 is 4.74 Å². The molecule has 1 aliphatic carbocycles. The van der Waals surface area contributed by atoms with Gasteiger partial charge in [-0.25, -0.2) is 0 Å². The van der Waals surface area contributed by atoms with Crippen molar-refractivity contribution < 1.29 is 22.7 Å². The monoisotopic (exact) mass is 300 g/mol. The number of rotatable bonds is 2. The van der Waals surface area contributed by atoms with Gasteiger partial charge in [-0.1, -0.05) is 18.6 Å². The number of hydrogen-bond acceptors (Lipinski definition) is 2. The molecule has 2 atom stereocenters. The fraction of sp³-hybridized carbons (Fsp3) is 0.562. The Kier molecular flexibility index (Phi) is 4.59. The first-order chi connectivity index (χ1) is 9.79. The predicted molar refractivity (Wildman–Crippen MR) is 73.1 cm³/mol. The summed E-state index contributed by atoms with van der Waals surface area (Å²) in [5, 5.41) is 0. The Bertz CT molecular complexity index is 523. The smallest absolute Gasteiger partial charge is 0.391 e. The molecule has 0 saturated heterocycles. The number of halogens is 3. The second kappa shape index (κ2) is 6.08. The predicted octanol–water partition coefficient (Wildman–Crippen LogP) is 4.58. The fourth-order valence-corrected chi connectivity index (χ4v) is 2.73. The fourth-order valence-electron chi connectivity index (χ4n) is 2.73. The minimum absolute atomic E-state index is 0.108. The summed E-state index contributed by atoms with van der Waals surface area (Å²) in [6, 6.07) is 5.33. The lowest BCUT2D eigenvalue weighted by molar-refractivity contribution is -0.187. The molecule has 0 bridgehead atoms. The number of ether oxygens (including phenoxy) is 1. The summed E-state index contributed by atoms with van der Waals surface area (Å²) in [5.74, 6) is -2.15. The molecule has 0 amide bonds. The molecule has 0 radical (unpaired) electrons. The third kappa shape index (κ3) is 3.77. The van der Waals surface area contributed by atoms with Crippen molar-refractivity contribution in [2.24, 2.45) is 11.8 Å². The molecule has 1 aromatic rings. The van der Waals surface area contributed by atoms with Crippen LogP contribution in [0.1, 0.15) is 36.8 Å². The lowest BCUT2D eigenvalue weighted by atomic mass is 9.81. The number of alkyl halides is 3. The molecule has 21 heavy (non-hydrogen) atoms. The third-order valence-electron chi connectivity index (χ3n) is 4.24. The van der Waals surface area contributed by atoms with E-state index in [0.717, 1.165) is 11.1 Å². The first-order valence-electron chi connectivity index (χ1n) is 7.13. The summed E-state index contributed by atoms with van der Waals surface area (Å²) in [6.07, 6.45) is -3.39. The first kappa shape index (κ1) is 15.9. The number of aryl methyl sites for hydroxylation is 1. The van der Waals surface area contributed by atoms with E-state index in [0.29, 0.717) is 18.6 Å². The van der Waals surface area contributed by atoms with E-state index >= 15 is 0 Å². The number of benzene rings is 1. The van der Waals surface area contributed by atoms with Gasteiger partial charge in [-0.15, -0.1) is 0 Å². The molecule has 116 valence electrons. The van der Waals surface area contributed by atoms with Gasteiger partial charge in [0, 0.05) is 0 Å². The van der Waals surface area contributed by atoms with Crippen LogP contribution in [0.25, 0.3) is 0 Å². The summed E-state index contributed by atoms with van der Waals surface area (Å²) in [5.41, 5.74) is 1.83. The molecule has 1 fully saturated rings. The minimum atomic E-state index is -4.22. The van der Waals surface area contributed by atoms with Crippen LogP contribution < -0.4 is 4.74 Å². The van der Waals surface area contributed by atoms with E-state index in [9.17, 15) is 18.0 Å². The quantitative estimate of drug-likeness (QED) is 0.590. The van der Waals surface area contributed by atoms with Crippen LogP contribution in [0.3, 0.4) is 0 Å². The van der Waals surface area contributed by atoms with E-state index in [1.54, 1.807) is 12.1 Å². The van der Waals surface area contributed by atoms with Crippen molar-refractivity contribution >= 4 is 5.97 Å². The van der Waals surface area contributed by atoms with Crippen LogP contribution in [0.15, 0.2) is 18.2 Å². The molecule has 5 heteroatoms. The number of esters is 1. The molecule has 1 aliphatic rings. The molecule has 0 N–H and O–H groups in total. The van der Waals surface area contributed by atoms with Crippen molar-refractivity contribution in [3.63, 3.8) is 0 Å². The summed E-state index contributed by atoms with van der Waals surface area (Å²) in [6.45, 7) is 3.73. The highest BCUT2D eigenvalue weighted by Crippen LogP contribution is 2.40. The van der Waals surface area contributed by atoms with Crippen molar-refractivity contribution in [1.82, 2.24) is 0 Å². The maximum atomic E-state index is 12.8. The van der Waals surface area contributed by atoms with Gasteiger partial charge in [0.25, 0.3) is 0 Å². The van der Waals surface area contributed by atoms with Gasteiger partial charge in [0.1, 0.15) is 5.75 Å². The highest BCUT2D eigenvalue weighted by molar-refractivity contribution is 5.75. The van der Waals surface area contributed by atoms with E-state index in [4.69, 9.17) is 4.74 Å². The molecule has 0 heterocycles. The van der Waals surface area contributed by atoms with Gasteiger partial charge >= 0.3 is 12.1 Å². The molecule has 1 saturated carbocycles. The van der Waals surface area contributed by atoms with E-state index in [1.807, 2.05) is 19.9 Å². The van der Waals surface area contributed by atoms with Crippen LogP contribution in [0.5, 0.6) is 5.75 Å². The van der Waals surface area contributed by atoms with Crippen LogP contribution in [-0.2, 0) is 4.79 Å². The molecule has 1 aromatic carbocycles. The van der Waals surface area contributed by atoms with Crippen LogP contribution in [-0.4, -0.2) is 12.1 Å². The zero-order valence-corrected chi connectivity index (χ0v) is 12.2. The molecule has 0 aliphatic heterocycles. The molecule has 0 aromatic heterocycles. The summed E-state index contributed by atoms with van der Waals surface area (Å²) in [4.78, 5) is 12.1. The lowest BCUT2D eigenvalue weighted by Crippen LogP contribution is -2.33. The molecule has 2 unspecified atom stereocenters. The Morgan fingerprint density at radius 3 is 2.62 bits per heavy atom. The summed E-state index contributed by atoms with van der Waals surface area (Å²) in [7, 11) is 0. The minimum Gasteiger partial charge on any atom is -0.426 e. The van der Waals surface area contributed by atoms with E-state index < -0.39 is 24.0 Å². The van der Waals surface area contributed by atoms with Gasteiger partial charge in [-0.05, 0) is 50.3 Å². The third-order valence-corrected chi connectivity index (χ3v) is 4.24. The Labute approximate surface area is 122 Å². The summed E-state index contributed by atoms with van der Waals surface area (Å²) < 4.78 is 43.6. The second-order valence-electron chi connectivity index (χ2n) is 5.72. The number of hydrogen-bond donors (Lipinski definition) is 0. The average Bonchev–Trinajstić information content (AvgIpc) is 2.43. The van der Waals surface area contributed by atoms with Crippen molar-refractivity contribution in [3.05, 3.63) is 29.3 Å². The second-order valence-corrected chi connectivity index (χ2v) is 5.72. The normalized spacial score (nSPS) is 22.9. The van der Waals surface area contributed by atoms with Crippen LogP contribution in [0.2, 0.25) is 0 Å². The van der Waals surface area contributed by atoms with Gasteiger partial charge in [0.2, 0.25) is 0 Å². The lowest BCUT2D eigenvalue weighted by Gasteiger charge is -2.29.